The Labute approximate surface area is 103 Å². The highest BCUT2D eigenvalue weighted by Gasteiger charge is 2.14. The molecule has 0 amide bonds. The first kappa shape index (κ1) is 13.6. The highest BCUT2D eigenvalue weighted by Crippen LogP contribution is 2.14. The topological polar surface area (TPSA) is 34.1 Å². The number of carbonyl (C=O) groups is 2. The number of hydrogen-bond donors (Lipinski definition) is 0. The van der Waals surface area contributed by atoms with E-state index in [-0.39, 0.29) is 18.0 Å². The maximum absolute atomic E-state index is 12.0. The third-order valence-corrected chi connectivity index (χ3v) is 2.69. The summed E-state index contributed by atoms with van der Waals surface area (Å²) in [4.78, 5) is 23.6. The van der Waals surface area contributed by atoms with Crippen LogP contribution in [0.1, 0.15) is 48.2 Å². The second-order valence-corrected chi connectivity index (χ2v) is 5.05. The van der Waals surface area contributed by atoms with Crippen molar-refractivity contribution in [3.63, 3.8) is 0 Å². The average molecular weight is 232 g/mol. The van der Waals surface area contributed by atoms with Crippen LogP contribution in [0, 0.1) is 19.8 Å². The van der Waals surface area contributed by atoms with E-state index in [1.165, 1.54) is 0 Å². The van der Waals surface area contributed by atoms with Gasteiger partial charge < -0.3 is 0 Å². The van der Waals surface area contributed by atoms with Crippen molar-refractivity contribution in [2.24, 2.45) is 5.92 Å². The Bertz CT molecular complexity index is 431. The van der Waals surface area contributed by atoms with Crippen molar-refractivity contribution < 1.29 is 9.59 Å². The summed E-state index contributed by atoms with van der Waals surface area (Å²) >= 11 is 0. The summed E-state index contributed by atoms with van der Waals surface area (Å²) in [6, 6.07) is 5.76. The summed E-state index contributed by atoms with van der Waals surface area (Å²) in [7, 11) is 0. The molecule has 17 heavy (non-hydrogen) atoms. The molecule has 0 atom stereocenters. The molecule has 0 bridgehead atoms. The van der Waals surface area contributed by atoms with Crippen LogP contribution in [-0.2, 0) is 4.79 Å². The number of hydrogen-bond acceptors (Lipinski definition) is 2. The molecule has 1 aromatic carbocycles. The van der Waals surface area contributed by atoms with Crippen LogP contribution >= 0.6 is 0 Å². The van der Waals surface area contributed by atoms with Gasteiger partial charge in [-0.05, 0) is 31.4 Å². The summed E-state index contributed by atoms with van der Waals surface area (Å²) in [5.41, 5.74) is 2.68. The molecule has 0 aliphatic heterocycles. The zero-order chi connectivity index (χ0) is 13.0. The number of aryl methyl sites for hydroxylation is 2. The molecule has 0 aliphatic rings. The van der Waals surface area contributed by atoms with Gasteiger partial charge in [0, 0.05) is 12.0 Å². The monoisotopic (exact) mass is 232 g/mol. The van der Waals surface area contributed by atoms with Gasteiger partial charge in [-0.3, -0.25) is 9.59 Å². The molecule has 1 rings (SSSR count). The van der Waals surface area contributed by atoms with Crippen LogP contribution in [0.3, 0.4) is 0 Å². The van der Waals surface area contributed by atoms with E-state index in [0.29, 0.717) is 17.9 Å². The lowest BCUT2D eigenvalue weighted by Gasteiger charge is -2.07. The number of benzene rings is 1. The van der Waals surface area contributed by atoms with Crippen molar-refractivity contribution in [2.75, 3.05) is 0 Å². The SMILES string of the molecule is Cc1ccc(C)c(C(=O)CC(=O)CC(C)C)c1. The van der Waals surface area contributed by atoms with Crippen molar-refractivity contribution in [1.82, 2.24) is 0 Å². The molecule has 0 aromatic heterocycles. The number of rotatable bonds is 5. The fourth-order valence-corrected chi connectivity index (χ4v) is 1.84. The molecule has 0 heterocycles. The Morgan fingerprint density at radius 3 is 2.41 bits per heavy atom. The van der Waals surface area contributed by atoms with E-state index in [1.807, 2.05) is 45.9 Å². The molecule has 0 saturated carbocycles. The minimum Gasteiger partial charge on any atom is -0.299 e. The molecule has 0 N–H and O–H groups in total. The molecule has 0 unspecified atom stereocenters. The molecule has 0 aliphatic carbocycles. The van der Waals surface area contributed by atoms with E-state index in [9.17, 15) is 9.59 Å². The average Bonchev–Trinajstić information content (AvgIpc) is 2.20. The predicted octanol–water partition coefficient (Wildman–Crippen LogP) is 3.49. The van der Waals surface area contributed by atoms with Crippen LogP contribution in [0.2, 0.25) is 0 Å². The second-order valence-electron chi connectivity index (χ2n) is 5.05. The fourth-order valence-electron chi connectivity index (χ4n) is 1.84. The lowest BCUT2D eigenvalue weighted by molar-refractivity contribution is -0.118. The predicted molar refractivity (Wildman–Crippen MR) is 69.3 cm³/mol. The molecular formula is C15H20O2. The van der Waals surface area contributed by atoms with E-state index in [4.69, 9.17) is 0 Å². The number of ketones is 2. The number of carbonyl (C=O) groups excluding carboxylic acids is 2. The minimum atomic E-state index is -0.0585. The normalized spacial score (nSPS) is 10.6. The first-order valence-corrected chi connectivity index (χ1v) is 6.02. The Morgan fingerprint density at radius 1 is 1.18 bits per heavy atom. The molecular weight excluding hydrogens is 212 g/mol. The van der Waals surface area contributed by atoms with Gasteiger partial charge in [-0.25, -0.2) is 0 Å². The molecule has 2 heteroatoms. The van der Waals surface area contributed by atoms with E-state index in [2.05, 4.69) is 0 Å². The van der Waals surface area contributed by atoms with Gasteiger partial charge in [-0.15, -0.1) is 0 Å². The maximum atomic E-state index is 12.0. The van der Waals surface area contributed by atoms with E-state index >= 15 is 0 Å². The van der Waals surface area contributed by atoms with Crippen molar-refractivity contribution in [3.8, 4) is 0 Å². The Hall–Kier alpha value is -1.44. The van der Waals surface area contributed by atoms with E-state index in [1.54, 1.807) is 0 Å². The van der Waals surface area contributed by atoms with Crippen LogP contribution < -0.4 is 0 Å². The Kier molecular flexibility index (Phi) is 4.62. The number of Topliss-reactive ketones (excluding diaryl/α,β-unsaturated/α-hetero) is 2. The summed E-state index contributed by atoms with van der Waals surface area (Å²) in [5, 5.41) is 0. The van der Waals surface area contributed by atoms with Gasteiger partial charge in [0.2, 0.25) is 0 Å². The van der Waals surface area contributed by atoms with Gasteiger partial charge in [0.05, 0.1) is 6.42 Å². The van der Waals surface area contributed by atoms with Gasteiger partial charge in [0.1, 0.15) is 5.78 Å². The standard InChI is InChI=1S/C15H20O2/c1-10(2)7-13(16)9-15(17)14-8-11(3)5-6-12(14)4/h5-6,8,10H,7,9H2,1-4H3. The van der Waals surface area contributed by atoms with Crippen LogP contribution in [0.25, 0.3) is 0 Å². The summed E-state index contributed by atoms with van der Waals surface area (Å²) in [5.74, 6) is 0.289. The maximum Gasteiger partial charge on any atom is 0.170 e. The van der Waals surface area contributed by atoms with Crippen LogP contribution in [0.15, 0.2) is 18.2 Å². The third-order valence-electron chi connectivity index (χ3n) is 2.69. The zero-order valence-electron chi connectivity index (χ0n) is 11.0. The third kappa shape index (κ3) is 4.14. The van der Waals surface area contributed by atoms with Gasteiger partial charge in [-0.1, -0.05) is 31.5 Å². The van der Waals surface area contributed by atoms with Crippen molar-refractivity contribution in [2.45, 2.75) is 40.5 Å². The van der Waals surface area contributed by atoms with Gasteiger partial charge in [0.25, 0.3) is 0 Å². The van der Waals surface area contributed by atoms with Crippen molar-refractivity contribution >= 4 is 11.6 Å². The fraction of sp³-hybridized carbons (Fsp3) is 0.467. The quantitative estimate of drug-likeness (QED) is 0.575. The van der Waals surface area contributed by atoms with Gasteiger partial charge >= 0.3 is 0 Å². The highest BCUT2D eigenvalue weighted by molar-refractivity contribution is 6.08. The first-order chi connectivity index (χ1) is 7.90. The summed E-state index contributed by atoms with van der Waals surface area (Å²) in [6.07, 6.45) is 0.513. The smallest absolute Gasteiger partial charge is 0.170 e. The largest absolute Gasteiger partial charge is 0.299 e. The van der Waals surface area contributed by atoms with Crippen LogP contribution in [0.5, 0.6) is 0 Å². The van der Waals surface area contributed by atoms with Crippen molar-refractivity contribution in [3.05, 3.63) is 34.9 Å². The molecule has 1 aromatic rings. The molecule has 0 fully saturated rings. The lowest BCUT2D eigenvalue weighted by atomic mass is 9.96. The van der Waals surface area contributed by atoms with Gasteiger partial charge in [-0.2, -0.15) is 0 Å². The lowest BCUT2D eigenvalue weighted by Crippen LogP contribution is -2.11. The molecule has 0 radical (unpaired) electrons. The van der Waals surface area contributed by atoms with Crippen molar-refractivity contribution in [1.29, 1.82) is 0 Å². The molecule has 2 nitrogen and oxygen atoms in total. The Balaban J connectivity index is 2.76. The van der Waals surface area contributed by atoms with Crippen LogP contribution in [0.4, 0.5) is 0 Å². The second kappa shape index (κ2) is 5.76. The molecule has 0 spiro atoms. The molecule has 0 saturated heterocycles. The molecule has 92 valence electrons. The van der Waals surface area contributed by atoms with Crippen LogP contribution in [-0.4, -0.2) is 11.6 Å². The zero-order valence-corrected chi connectivity index (χ0v) is 11.0. The minimum absolute atomic E-state index is 0.0302. The summed E-state index contributed by atoms with van der Waals surface area (Å²) in [6.45, 7) is 7.83. The highest BCUT2D eigenvalue weighted by atomic mass is 16.1. The van der Waals surface area contributed by atoms with E-state index < -0.39 is 0 Å². The van der Waals surface area contributed by atoms with Gasteiger partial charge in [0.15, 0.2) is 5.78 Å². The summed E-state index contributed by atoms with van der Waals surface area (Å²) < 4.78 is 0. The van der Waals surface area contributed by atoms with E-state index in [0.717, 1.165) is 11.1 Å². The Morgan fingerprint density at radius 2 is 1.82 bits per heavy atom. The first-order valence-electron chi connectivity index (χ1n) is 6.02.